The highest BCUT2D eigenvalue weighted by atomic mass is 16.6. The number of likely N-dealkylation sites (tertiary alicyclic amines) is 1. The molecule has 8 nitrogen and oxygen atoms in total. The molecule has 0 unspecified atom stereocenters. The maximum absolute atomic E-state index is 12.5. The average molecular weight is 377 g/mol. The van der Waals surface area contributed by atoms with Crippen LogP contribution in [0.15, 0.2) is 30.3 Å². The minimum atomic E-state index is -1.39. The molecule has 0 spiro atoms. The number of Topliss-reactive ketones (excluding diaryl/α,β-unsaturated/α-hetero) is 1. The number of piperidine rings is 1. The van der Waals surface area contributed by atoms with Crippen LogP contribution in [0.5, 0.6) is 0 Å². The Morgan fingerprint density at radius 3 is 2.52 bits per heavy atom. The van der Waals surface area contributed by atoms with Crippen molar-refractivity contribution in [1.29, 1.82) is 0 Å². The largest absolute Gasteiger partial charge is 0.481 e. The molecule has 1 aliphatic heterocycles. The van der Waals surface area contributed by atoms with Crippen LogP contribution >= 0.6 is 0 Å². The Morgan fingerprint density at radius 1 is 1.19 bits per heavy atom. The molecule has 0 bridgehead atoms. The molecule has 8 heteroatoms. The molecule has 1 saturated heterocycles. The number of ketones is 1. The number of hydrogen-bond acceptors (Lipinski definition) is 6. The zero-order chi connectivity index (χ0) is 19.8. The van der Waals surface area contributed by atoms with E-state index in [4.69, 9.17) is 9.47 Å². The topological polar surface area (TPSA) is 110 Å². The Balaban J connectivity index is 2.14. The highest BCUT2D eigenvalue weighted by Crippen LogP contribution is 2.25. The summed E-state index contributed by atoms with van der Waals surface area (Å²) < 4.78 is 10.3. The lowest BCUT2D eigenvalue weighted by molar-refractivity contribution is -0.162. The quantitative estimate of drug-likeness (QED) is 0.572. The van der Waals surface area contributed by atoms with Crippen molar-refractivity contribution in [3.63, 3.8) is 0 Å². The van der Waals surface area contributed by atoms with Gasteiger partial charge in [0, 0.05) is 6.42 Å². The highest BCUT2D eigenvalue weighted by Gasteiger charge is 2.47. The fourth-order valence-corrected chi connectivity index (χ4v) is 2.82. The Labute approximate surface area is 157 Å². The first-order valence-corrected chi connectivity index (χ1v) is 8.82. The number of hydrogen-bond donors (Lipinski definition) is 1. The number of carboxylic acids is 1. The van der Waals surface area contributed by atoms with Crippen LogP contribution in [-0.2, 0) is 30.5 Å². The van der Waals surface area contributed by atoms with E-state index in [9.17, 15) is 24.3 Å². The van der Waals surface area contributed by atoms with Crippen molar-refractivity contribution in [3.8, 4) is 0 Å². The van der Waals surface area contributed by atoms with Gasteiger partial charge in [-0.05, 0) is 12.0 Å². The predicted molar refractivity (Wildman–Crippen MR) is 93.7 cm³/mol. The van der Waals surface area contributed by atoms with Gasteiger partial charge in [-0.3, -0.25) is 14.5 Å². The van der Waals surface area contributed by atoms with E-state index in [-0.39, 0.29) is 26.2 Å². The zero-order valence-electron chi connectivity index (χ0n) is 15.1. The number of ether oxygens (including phenoxy) is 2. The number of benzene rings is 1. The van der Waals surface area contributed by atoms with E-state index in [0.717, 1.165) is 16.9 Å². The monoisotopic (exact) mass is 377 g/mol. The molecule has 0 aromatic heterocycles. The fraction of sp³-hybridized carbons (Fsp3) is 0.474. The maximum atomic E-state index is 12.5. The summed E-state index contributed by atoms with van der Waals surface area (Å²) in [6, 6.07) is 7.50. The van der Waals surface area contributed by atoms with E-state index >= 15 is 0 Å². The summed E-state index contributed by atoms with van der Waals surface area (Å²) in [5, 5.41) is 9.42. The van der Waals surface area contributed by atoms with Crippen LogP contribution in [0, 0.1) is 5.92 Å². The lowest BCUT2D eigenvalue weighted by Gasteiger charge is -2.36. The fourth-order valence-electron chi connectivity index (χ4n) is 2.82. The van der Waals surface area contributed by atoms with E-state index in [2.05, 4.69) is 0 Å². The molecule has 1 amide bonds. The molecule has 0 saturated carbocycles. The molecule has 0 aliphatic carbocycles. The van der Waals surface area contributed by atoms with Gasteiger partial charge in [0.05, 0.1) is 19.1 Å². The van der Waals surface area contributed by atoms with Crippen molar-refractivity contribution in [2.45, 2.75) is 38.8 Å². The normalized spacial score (nSPS) is 19.4. The Kier molecular flexibility index (Phi) is 7.34. The van der Waals surface area contributed by atoms with E-state index in [1.807, 2.05) is 13.0 Å². The molecular formula is C19H23NO7. The van der Waals surface area contributed by atoms with Gasteiger partial charge in [0.2, 0.25) is 0 Å². The van der Waals surface area contributed by atoms with Crippen LogP contribution in [0.1, 0.15) is 31.7 Å². The molecule has 0 radical (unpaired) electrons. The lowest BCUT2D eigenvalue weighted by atomic mass is 9.88. The van der Waals surface area contributed by atoms with E-state index in [1.54, 1.807) is 24.3 Å². The third kappa shape index (κ3) is 5.54. The predicted octanol–water partition coefficient (Wildman–Crippen LogP) is 2.01. The standard InChI is InChI=1S/C19H23NO7/c1-2-3-9-26-18(24)16-15(17(22)23)10-14(21)11-20(16)19(25)27-12-13-7-5-4-6-8-13/h4-8,15-16H,2-3,9-12H2,1H3,(H,22,23)/t15-,16-/m0/s1. The molecule has 1 aliphatic rings. The second-order valence-corrected chi connectivity index (χ2v) is 6.32. The van der Waals surface area contributed by atoms with Crippen molar-refractivity contribution < 1.29 is 33.8 Å². The number of aliphatic carboxylic acids is 1. The number of carbonyl (C=O) groups is 4. The summed E-state index contributed by atoms with van der Waals surface area (Å²) in [6.07, 6.45) is 0.163. The minimum Gasteiger partial charge on any atom is -0.481 e. The molecule has 27 heavy (non-hydrogen) atoms. The van der Waals surface area contributed by atoms with Crippen LogP contribution in [0.2, 0.25) is 0 Å². The number of esters is 1. The van der Waals surface area contributed by atoms with E-state index in [0.29, 0.717) is 6.42 Å². The smallest absolute Gasteiger partial charge is 0.411 e. The van der Waals surface area contributed by atoms with Crippen molar-refractivity contribution in [2.75, 3.05) is 13.2 Å². The van der Waals surface area contributed by atoms with E-state index in [1.165, 1.54) is 0 Å². The first-order valence-electron chi connectivity index (χ1n) is 8.82. The van der Waals surface area contributed by atoms with Crippen LogP contribution in [0.4, 0.5) is 4.79 Å². The van der Waals surface area contributed by atoms with Crippen molar-refractivity contribution in [1.82, 2.24) is 4.90 Å². The number of rotatable bonds is 7. The highest BCUT2D eigenvalue weighted by molar-refractivity contribution is 5.96. The number of nitrogens with zero attached hydrogens (tertiary/aromatic N) is 1. The number of carboxylic acid groups (broad SMARTS) is 1. The van der Waals surface area contributed by atoms with Gasteiger partial charge in [-0.1, -0.05) is 43.7 Å². The molecule has 1 aromatic rings. The van der Waals surface area contributed by atoms with Crippen LogP contribution in [-0.4, -0.2) is 53.0 Å². The number of amides is 1. The van der Waals surface area contributed by atoms with Gasteiger partial charge in [0.15, 0.2) is 5.78 Å². The first-order chi connectivity index (χ1) is 12.9. The Hall–Kier alpha value is -2.90. The van der Waals surface area contributed by atoms with Gasteiger partial charge in [-0.2, -0.15) is 0 Å². The van der Waals surface area contributed by atoms with Crippen LogP contribution in [0.3, 0.4) is 0 Å². The molecular weight excluding hydrogens is 354 g/mol. The molecule has 2 rings (SSSR count). The second kappa shape index (κ2) is 9.70. The van der Waals surface area contributed by atoms with Gasteiger partial charge in [0.1, 0.15) is 12.6 Å². The minimum absolute atomic E-state index is 0.0558. The molecule has 2 atom stereocenters. The van der Waals surface area contributed by atoms with Gasteiger partial charge >= 0.3 is 18.0 Å². The summed E-state index contributed by atoms with van der Waals surface area (Å²) in [7, 11) is 0. The van der Waals surface area contributed by atoms with Crippen molar-refractivity contribution in [2.24, 2.45) is 5.92 Å². The van der Waals surface area contributed by atoms with Crippen molar-refractivity contribution in [3.05, 3.63) is 35.9 Å². The molecule has 1 N–H and O–H groups in total. The lowest BCUT2D eigenvalue weighted by Crippen LogP contribution is -2.58. The summed E-state index contributed by atoms with van der Waals surface area (Å²) >= 11 is 0. The van der Waals surface area contributed by atoms with Gasteiger partial charge in [-0.15, -0.1) is 0 Å². The van der Waals surface area contributed by atoms with Crippen molar-refractivity contribution >= 4 is 23.8 Å². The van der Waals surface area contributed by atoms with E-state index < -0.39 is 35.8 Å². The van der Waals surface area contributed by atoms with Gasteiger partial charge < -0.3 is 14.6 Å². The third-order valence-electron chi connectivity index (χ3n) is 4.25. The number of carbonyl (C=O) groups excluding carboxylic acids is 3. The zero-order valence-corrected chi connectivity index (χ0v) is 15.1. The first kappa shape index (κ1) is 20.4. The second-order valence-electron chi connectivity index (χ2n) is 6.32. The molecule has 1 aromatic carbocycles. The Bertz CT molecular complexity index is 689. The summed E-state index contributed by atoms with van der Waals surface area (Å²) in [5.41, 5.74) is 0.728. The summed E-state index contributed by atoms with van der Waals surface area (Å²) in [4.78, 5) is 49.3. The molecule has 1 fully saturated rings. The van der Waals surface area contributed by atoms with Gasteiger partial charge in [-0.25, -0.2) is 9.59 Å². The third-order valence-corrected chi connectivity index (χ3v) is 4.25. The number of unbranched alkanes of at least 4 members (excludes halogenated alkanes) is 1. The van der Waals surface area contributed by atoms with Crippen LogP contribution < -0.4 is 0 Å². The average Bonchev–Trinajstić information content (AvgIpc) is 2.66. The van der Waals surface area contributed by atoms with Gasteiger partial charge in [0.25, 0.3) is 0 Å². The SMILES string of the molecule is CCCCOC(=O)[C@@H]1[C@@H](C(=O)O)CC(=O)CN1C(=O)OCc1ccccc1. The maximum Gasteiger partial charge on any atom is 0.411 e. The Morgan fingerprint density at radius 2 is 1.89 bits per heavy atom. The molecule has 1 heterocycles. The summed E-state index contributed by atoms with van der Waals surface area (Å²) in [5.74, 6) is -3.97. The molecule has 146 valence electrons. The summed E-state index contributed by atoms with van der Waals surface area (Å²) in [6.45, 7) is 1.60. The van der Waals surface area contributed by atoms with Crippen LogP contribution in [0.25, 0.3) is 0 Å².